The highest BCUT2D eigenvalue weighted by Gasteiger charge is 2.34. The van der Waals surface area contributed by atoms with Crippen molar-refractivity contribution < 1.29 is 4.79 Å². The fourth-order valence-electron chi connectivity index (χ4n) is 3.39. The number of rotatable bonds is 2. The molecule has 1 aliphatic heterocycles. The molecule has 0 unspecified atom stereocenters. The molecule has 4 heteroatoms. The Morgan fingerprint density at radius 2 is 2.06 bits per heavy atom. The van der Waals surface area contributed by atoms with Crippen LogP contribution in [0.15, 0.2) is 12.3 Å². The molecule has 2 heterocycles. The topological polar surface area (TPSA) is 49.0 Å². The molecule has 0 spiro atoms. The number of nitrogens with one attached hydrogen (secondary N) is 1. The van der Waals surface area contributed by atoms with Gasteiger partial charge in [0.15, 0.2) is 0 Å². The van der Waals surface area contributed by atoms with Crippen LogP contribution in [0.5, 0.6) is 0 Å². The molecule has 0 radical (unpaired) electrons. The highest BCUT2D eigenvalue weighted by molar-refractivity contribution is 5.79. The number of H-pyrrole nitrogens is 1. The molecule has 98 valence electrons. The van der Waals surface area contributed by atoms with Crippen LogP contribution in [-0.2, 0) is 4.79 Å². The Balaban J connectivity index is 1.72. The summed E-state index contributed by atoms with van der Waals surface area (Å²) in [5, 5.41) is 7.03. The zero-order valence-corrected chi connectivity index (χ0v) is 10.8. The summed E-state index contributed by atoms with van der Waals surface area (Å²) in [6.07, 6.45) is 9.88. The Hall–Kier alpha value is -1.32. The van der Waals surface area contributed by atoms with Crippen molar-refractivity contribution in [3.63, 3.8) is 0 Å². The van der Waals surface area contributed by atoms with Gasteiger partial charge in [0, 0.05) is 18.7 Å². The van der Waals surface area contributed by atoms with Gasteiger partial charge < -0.3 is 4.90 Å². The smallest absolute Gasteiger partial charge is 0.226 e. The summed E-state index contributed by atoms with van der Waals surface area (Å²) < 4.78 is 0. The Labute approximate surface area is 108 Å². The molecular formula is C14H21N3O. The minimum Gasteiger partial charge on any atom is -0.334 e. The van der Waals surface area contributed by atoms with Crippen molar-refractivity contribution in [1.29, 1.82) is 0 Å². The molecule has 0 bridgehead atoms. The molecule has 1 aliphatic carbocycles. The normalized spacial score (nSPS) is 25.6. The maximum absolute atomic E-state index is 12.6. The quantitative estimate of drug-likeness (QED) is 0.873. The lowest BCUT2D eigenvalue weighted by atomic mass is 9.88. The summed E-state index contributed by atoms with van der Waals surface area (Å²) in [5.41, 5.74) is 1.09. The number of aromatic nitrogens is 2. The summed E-state index contributed by atoms with van der Waals surface area (Å²) in [6, 6.07) is 2.24. The van der Waals surface area contributed by atoms with E-state index in [0.717, 1.165) is 37.9 Å². The van der Waals surface area contributed by atoms with E-state index < -0.39 is 0 Å². The van der Waals surface area contributed by atoms with Gasteiger partial charge in [-0.2, -0.15) is 5.10 Å². The molecule has 2 fully saturated rings. The molecule has 1 aromatic heterocycles. The van der Waals surface area contributed by atoms with Crippen molar-refractivity contribution in [2.45, 2.75) is 51.0 Å². The van der Waals surface area contributed by atoms with E-state index in [0.29, 0.717) is 5.91 Å². The van der Waals surface area contributed by atoms with E-state index in [1.807, 2.05) is 6.07 Å². The van der Waals surface area contributed by atoms with Gasteiger partial charge in [0.05, 0.1) is 11.7 Å². The number of likely N-dealkylation sites (tertiary alicyclic amines) is 1. The molecule has 1 N–H and O–H groups in total. The van der Waals surface area contributed by atoms with Crippen LogP contribution in [0, 0.1) is 5.92 Å². The van der Waals surface area contributed by atoms with Gasteiger partial charge in [0.25, 0.3) is 0 Å². The predicted octanol–water partition coefficient (Wildman–Crippen LogP) is 2.65. The maximum Gasteiger partial charge on any atom is 0.226 e. The largest absolute Gasteiger partial charge is 0.334 e. The average molecular weight is 247 g/mol. The molecule has 2 aliphatic rings. The third-order valence-electron chi connectivity index (χ3n) is 4.37. The number of carbonyl (C=O) groups excluding carboxylic acids is 1. The van der Waals surface area contributed by atoms with Gasteiger partial charge >= 0.3 is 0 Å². The SMILES string of the molecule is O=C(C1CCCCC1)N1CCC[C@@H]1c1ccn[nH]1. The van der Waals surface area contributed by atoms with E-state index in [1.54, 1.807) is 6.20 Å². The molecular weight excluding hydrogens is 226 g/mol. The van der Waals surface area contributed by atoms with Crippen LogP contribution in [0.2, 0.25) is 0 Å². The van der Waals surface area contributed by atoms with Crippen LogP contribution in [0.1, 0.15) is 56.7 Å². The molecule has 1 aromatic rings. The van der Waals surface area contributed by atoms with Gasteiger partial charge in [-0.1, -0.05) is 19.3 Å². The minimum absolute atomic E-state index is 0.238. The van der Waals surface area contributed by atoms with Gasteiger partial charge in [-0.15, -0.1) is 0 Å². The standard InChI is InChI=1S/C14H21N3O/c18-14(11-5-2-1-3-6-11)17-10-4-7-13(17)12-8-9-15-16-12/h8-9,11,13H,1-7,10H2,(H,15,16)/t13-/m1/s1. The van der Waals surface area contributed by atoms with Crippen molar-refractivity contribution in [1.82, 2.24) is 15.1 Å². The van der Waals surface area contributed by atoms with Gasteiger partial charge in [0.2, 0.25) is 5.91 Å². The van der Waals surface area contributed by atoms with Crippen molar-refractivity contribution in [3.05, 3.63) is 18.0 Å². The summed E-state index contributed by atoms with van der Waals surface area (Å²) in [4.78, 5) is 14.7. The fourth-order valence-corrected chi connectivity index (χ4v) is 3.39. The Morgan fingerprint density at radius 3 is 2.78 bits per heavy atom. The van der Waals surface area contributed by atoms with E-state index >= 15 is 0 Å². The molecule has 4 nitrogen and oxygen atoms in total. The highest BCUT2D eigenvalue weighted by atomic mass is 16.2. The van der Waals surface area contributed by atoms with Crippen LogP contribution in [0.3, 0.4) is 0 Å². The van der Waals surface area contributed by atoms with Crippen LogP contribution in [0.25, 0.3) is 0 Å². The zero-order chi connectivity index (χ0) is 12.4. The molecule has 3 rings (SSSR count). The number of hydrogen-bond acceptors (Lipinski definition) is 2. The van der Waals surface area contributed by atoms with Gasteiger partial charge in [-0.05, 0) is 31.7 Å². The molecule has 1 atom stereocenters. The van der Waals surface area contributed by atoms with Crippen molar-refractivity contribution in [2.24, 2.45) is 5.92 Å². The van der Waals surface area contributed by atoms with Crippen LogP contribution < -0.4 is 0 Å². The monoisotopic (exact) mass is 247 g/mol. The van der Waals surface area contributed by atoms with E-state index in [2.05, 4.69) is 15.1 Å². The lowest BCUT2D eigenvalue weighted by molar-refractivity contribution is -0.137. The van der Waals surface area contributed by atoms with Crippen molar-refractivity contribution >= 4 is 5.91 Å². The fraction of sp³-hybridized carbons (Fsp3) is 0.714. The van der Waals surface area contributed by atoms with E-state index in [-0.39, 0.29) is 12.0 Å². The highest BCUT2D eigenvalue weighted by Crippen LogP contribution is 2.34. The summed E-state index contributed by atoms with van der Waals surface area (Å²) >= 11 is 0. The van der Waals surface area contributed by atoms with Gasteiger partial charge in [-0.3, -0.25) is 9.89 Å². The number of carbonyl (C=O) groups is 1. The first kappa shape index (κ1) is 11.8. The number of hydrogen-bond donors (Lipinski definition) is 1. The second kappa shape index (κ2) is 5.12. The Kier molecular flexibility index (Phi) is 3.35. The predicted molar refractivity (Wildman–Crippen MR) is 68.9 cm³/mol. The molecule has 1 amide bonds. The third-order valence-corrected chi connectivity index (χ3v) is 4.37. The van der Waals surface area contributed by atoms with Crippen LogP contribution in [-0.4, -0.2) is 27.5 Å². The average Bonchev–Trinajstić information content (AvgIpc) is 3.09. The van der Waals surface area contributed by atoms with Crippen molar-refractivity contribution in [2.75, 3.05) is 6.54 Å². The second-order valence-electron chi connectivity index (χ2n) is 5.54. The van der Waals surface area contributed by atoms with E-state index in [9.17, 15) is 4.79 Å². The van der Waals surface area contributed by atoms with Crippen molar-refractivity contribution in [3.8, 4) is 0 Å². The first-order valence-electron chi connectivity index (χ1n) is 7.16. The number of amides is 1. The summed E-state index contributed by atoms with van der Waals surface area (Å²) in [7, 11) is 0. The third kappa shape index (κ3) is 2.16. The number of nitrogens with zero attached hydrogens (tertiary/aromatic N) is 2. The maximum atomic E-state index is 12.6. The van der Waals surface area contributed by atoms with E-state index in [1.165, 1.54) is 19.3 Å². The summed E-state index contributed by atoms with van der Waals surface area (Å²) in [5.74, 6) is 0.661. The van der Waals surface area contributed by atoms with Gasteiger partial charge in [0.1, 0.15) is 0 Å². The Morgan fingerprint density at radius 1 is 1.22 bits per heavy atom. The van der Waals surface area contributed by atoms with Crippen LogP contribution >= 0.6 is 0 Å². The lowest BCUT2D eigenvalue weighted by Crippen LogP contribution is -2.36. The Bertz CT molecular complexity index is 395. The first-order valence-corrected chi connectivity index (χ1v) is 7.16. The summed E-state index contributed by atoms with van der Waals surface area (Å²) in [6.45, 7) is 0.916. The molecule has 1 saturated carbocycles. The molecule has 18 heavy (non-hydrogen) atoms. The minimum atomic E-state index is 0.238. The lowest BCUT2D eigenvalue weighted by Gasteiger charge is -2.30. The van der Waals surface area contributed by atoms with E-state index in [4.69, 9.17) is 0 Å². The van der Waals surface area contributed by atoms with Gasteiger partial charge in [-0.25, -0.2) is 0 Å². The molecule has 1 saturated heterocycles. The van der Waals surface area contributed by atoms with Crippen LogP contribution in [0.4, 0.5) is 0 Å². The second-order valence-corrected chi connectivity index (χ2v) is 5.54. The molecule has 0 aromatic carbocycles. The zero-order valence-electron chi connectivity index (χ0n) is 10.8. The number of aromatic amines is 1. The first-order chi connectivity index (χ1) is 8.86.